The fraction of sp³-hybridized carbons (Fsp3) is 0.625. The van der Waals surface area contributed by atoms with Crippen LogP contribution in [-0.4, -0.2) is 65.5 Å². The summed E-state index contributed by atoms with van der Waals surface area (Å²) in [4.78, 5) is 40.4. The molecule has 0 spiro atoms. The molecule has 0 bridgehead atoms. The molecule has 1 N–H and O–H groups in total. The third-order valence-corrected chi connectivity index (χ3v) is 6.56. The number of fused-ring (bicyclic) bond motifs is 1. The van der Waals surface area contributed by atoms with Crippen LogP contribution in [0.5, 0.6) is 0 Å². The first kappa shape index (κ1) is 21.8. The number of hydrogen-bond acceptors (Lipinski definition) is 5. The Morgan fingerprint density at radius 1 is 1.03 bits per heavy atom. The van der Waals surface area contributed by atoms with E-state index >= 15 is 0 Å². The van der Waals surface area contributed by atoms with Crippen molar-refractivity contribution < 1.29 is 19.1 Å². The number of carbonyl (C=O) groups is 3. The normalized spacial score (nSPS) is 25.1. The maximum absolute atomic E-state index is 12.3. The Bertz CT molecular complexity index is 868. The van der Waals surface area contributed by atoms with Crippen molar-refractivity contribution in [3.05, 3.63) is 34.9 Å². The third kappa shape index (κ3) is 5.09. The van der Waals surface area contributed by atoms with E-state index in [1.165, 1.54) is 11.1 Å². The van der Waals surface area contributed by atoms with E-state index < -0.39 is 5.60 Å². The third-order valence-electron chi connectivity index (χ3n) is 6.56. The fourth-order valence-electron chi connectivity index (χ4n) is 4.89. The fourth-order valence-corrected chi connectivity index (χ4v) is 4.89. The summed E-state index contributed by atoms with van der Waals surface area (Å²) in [5, 5.41) is 2.47. The molecule has 1 unspecified atom stereocenters. The Morgan fingerprint density at radius 2 is 1.77 bits per heavy atom. The molecule has 2 saturated heterocycles. The number of piperidine rings is 1. The first-order valence-electron chi connectivity index (χ1n) is 11.4. The van der Waals surface area contributed by atoms with Crippen molar-refractivity contribution >= 4 is 17.9 Å². The molecule has 4 rings (SSSR count). The van der Waals surface area contributed by atoms with Gasteiger partial charge >= 0.3 is 6.09 Å². The Hall–Kier alpha value is -2.41. The number of benzene rings is 1. The Balaban J connectivity index is 1.37. The minimum atomic E-state index is -0.471. The molecular formula is C24H33N3O4. The maximum Gasteiger partial charge on any atom is 0.410 e. The van der Waals surface area contributed by atoms with Gasteiger partial charge in [-0.3, -0.25) is 19.8 Å². The van der Waals surface area contributed by atoms with Crippen LogP contribution in [0.2, 0.25) is 0 Å². The van der Waals surface area contributed by atoms with Gasteiger partial charge in [-0.1, -0.05) is 18.2 Å². The van der Waals surface area contributed by atoms with Crippen molar-refractivity contribution in [1.82, 2.24) is 15.1 Å². The zero-order valence-corrected chi connectivity index (χ0v) is 18.8. The van der Waals surface area contributed by atoms with Crippen LogP contribution in [0.1, 0.15) is 62.6 Å². The topological polar surface area (TPSA) is 79.0 Å². The first-order valence-corrected chi connectivity index (χ1v) is 11.4. The second-order valence-electron chi connectivity index (χ2n) is 9.93. The molecule has 3 amide bonds. The number of ether oxygens (including phenoxy) is 1. The van der Waals surface area contributed by atoms with Crippen molar-refractivity contribution in [3.8, 4) is 0 Å². The molecule has 2 fully saturated rings. The smallest absolute Gasteiger partial charge is 0.410 e. The van der Waals surface area contributed by atoms with Gasteiger partial charge < -0.3 is 9.64 Å². The molecule has 7 nitrogen and oxygen atoms in total. The molecule has 3 aliphatic rings. The standard InChI is InChI=1S/C24H33N3O4/c1-24(2,3)31-23(30)27-12-10-26(11-13-27)19-7-6-16-4-5-17(14-18(16)15-19)20-8-9-21(28)25-22(20)29/h4-5,14,19-20H,6-13,15H2,1-3H3,(H,25,28,29)/t19-,20?/m0/s1. The highest BCUT2D eigenvalue weighted by molar-refractivity contribution is 6.00. The van der Waals surface area contributed by atoms with E-state index in [0.717, 1.165) is 37.9 Å². The highest BCUT2D eigenvalue weighted by atomic mass is 16.6. The van der Waals surface area contributed by atoms with Gasteiger partial charge in [0.05, 0.1) is 5.92 Å². The quantitative estimate of drug-likeness (QED) is 0.734. The van der Waals surface area contributed by atoms with Gasteiger partial charge in [-0.15, -0.1) is 0 Å². The second-order valence-corrected chi connectivity index (χ2v) is 9.93. The van der Waals surface area contributed by atoms with E-state index in [1.54, 1.807) is 4.90 Å². The van der Waals surface area contributed by atoms with Gasteiger partial charge in [0.15, 0.2) is 0 Å². The van der Waals surface area contributed by atoms with Crippen LogP contribution in [0.25, 0.3) is 0 Å². The van der Waals surface area contributed by atoms with E-state index in [2.05, 4.69) is 28.4 Å². The summed E-state index contributed by atoms with van der Waals surface area (Å²) in [7, 11) is 0. The summed E-state index contributed by atoms with van der Waals surface area (Å²) in [6.45, 7) is 8.76. The van der Waals surface area contributed by atoms with Gasteiger partial charge in [-0.2, -0.15) is 0 Å². The van der Waals surface area contributed by atoms with E-state index in [9.17, 15) is 14.4 Å². The number of carbonyl (C=O) groups excluding carboxylic acids is 3. The average Bonchev–Trinajstić information content (AvgIpc) is 2.72. The number of nitrogens with zero attached hydrogens (tertiary/aromatic N) is 2. The average molecular weight is 428 g/mol. The van der Waals surface area contributed by atoms with Gasteiger partial charge in [-0.25, -0.2) is 4.79 Å². The molecular weight excluding hydrogens is 394 g/mol. The van der Waals surface area contributed by atoms with Crippen molar-refractivity contribution in [1.29, 1.82) is 0 Å². The zero-order chi connectivity index (χ0) is 22.2. The predicted octanol–water partition coefficient (Wildman–Crippen LogP) is 2.62. The Morgan fingerprint density at radius 3 is 2.45 bits per heavy atom. The van der Waals surface area contributed by atoms with Crippen LogP contribution in [0, 0.1) is 0 Å². The van der Waals surface area contributed by atoms with E-state index in [4.69, 9.17) is 4.74 Å². The van der Waals surface area contributed by atoms with Crippen molar-refractivity contribution in [2.24, 2.45) is 0 Å². The molecule has 0 aromatic heterocycles. The molecule has 0 radical (unpaired) electrons. The highest BCUT2D eigenvalue weighted by Crippen LogP contribution is 2.31. The summed E-state index contributed by atoms with van der Waals surface area (Å²) in [6, 6.07) is 6.84. The Kier molecular flexibility index (Phi) is 6.06. The van der Waals surface area contributed by atoms with Crippen LogP contribution >= 0.6 is 0 Å². The maximum atomic E-state index is 12.3. The van der Waals surface area contributed by atoms with Crippen molar-refractivity contribution in [3.63, 3.8) is 0 Å². The molecule has 0 saturated carbocycles. The number of aryl methyl sites for hydroxylation is 1. The highest BCUT2D eigenvalue weighted by Gasteiger charge is 2.32. The molecule has 2 heterocycles. The SMILES string of the molecule is CC(C)(C)OC(=O)N1CCN([C@H]2CCc3ccc(C4CCC(=O)NC4=O)cc3C2)CC1. The van der Waals surface area contributed by atoms with Gasteiger partial charge in [-0.05, 0) is 63.1 Å². The van der Waals surface area contributed by atoms with E-state index in [1.807, 2.05) is 20.8 Å². The number of imide groups is 1. The van der Waals surface area contributed by atoms with Crippen LogP contribution in [-0.2, 0) is 27.2 Å². The lowest BCUT2D eigenvalue weighted by molar-refractivity contribution is -0.134. The van der Waals surface area contributed by atoms with Gasteiger partial charge in [0.2, 0.25) is 11.8 Å². The van der Waals surface area contributed by atoms with Crippen molar-refractivity contribution in [2.45, 2.75) is 70.4 Å². The number of hydrogen-bond donors (Lipinski definition) is 1. The monoisotopic (exact) mass is 427 g/mol. The van der Waals surface area contributed by atoms with Gasteiger partial charge in [0, 0.05) is 38.6 Å². The van der Waals surface area contributed by atoms with E-state index in [-0.39, 0.29) is 23.8 Å². The number of rotatable bonds is 2. The molecule has 31 heavy (non-hydrogen) atoms. The lowest BCUT2D eigenvalue weighted by Crippen LogP contribution is -2.53. The summed E-state index contributed by atoms with van der Waals surface area (Å²) in [5.74, 6) is -0.590. The van der Waals surface area contributed by atoms with Gasteiger partial charge in [0.1, 0.15) is 5.60 Å². The largest absolute Gasteiger partial charge is 0.444 e. The summed E-state index contributed by atoms with van der Waals surface area (Å²) < 4.78 is 5.51. The number of amides is 3. The summed E-state index contributed by atoms with van der Waals surface area (Å²) in [6.07, 6.45) is 3.86. The summed E-state index contributed by atoms with van der Waals surface area (Å²) in [5.41, 5.74) is 3.22. The van der Waals surface area contributed by atoms with Crippen LogP contribution in [0.3, 0.4) is 0 Å². The van der Waals surface area contributed by atoms with Crippen LogP contribution in [0.4, 0.5) is 4.79 Å². The minimum absolute atomic E-state index is 0.176. The molecule has 1 aliphatic carbocycles. The number of piperazine rings is 1. The van der Waals surface area contributed by atoms with Gasteiger partial charge in [0.25, 0.3) is 0 Å². The zero-order valence-electron chi connectivity index (χ0n) is 18.8. The lowest BCUT2D eigenvalue weighted by atomic mass is 9.82. The number of nitrogens with one attached hydrogen (secondary N) is 1. The minimum Gasteiger partial charge on any atom is -0.444 e. The van der Waals surface area contributed by atoms with Crippen LogP contribution < -0.4 is 5.32 Å². The lowest BCUT2D eigenvalue weighted by Gasteiger charge is -2.41. The summed E-state index contributed by atoms with van der Waals surface area (Å²) >= 11 is 0. The predicted molar refractivity (Wildman–Crippen MR) is 117 cm³/mol. The molecule has 1 aromatic carbocycles. The Labute approximate surface area is 184 Å². The van der Waals surface area contributed by atoms with E-state index in [0.29, 0.717) is 32.0 Å². The van der Waals surface area contributed by atoms with Crippen LogP contribution in [0.15, 0.2) is 18.2 Å². The van der Waals surface area contributed by atoms with Crippen molar-refractivity contribution in [2.75, 3.05) is 26.2 Å². The first-order chi connectivity index (χ1) is 14.7. The molecule has 7 heteroatoms. The molecule has 2 atom stereocenters. The molecule has 1 aromatic rings. The second kappa shape index (κ2) is 8.61. The molecule has 168 valence electrons. The molecule has 2 aliphatic heterocycles.